The average molecular weight is 386 g/mol. The van der Waals surface area contributed by atoms with Crippen molar-refractivity contribution in [3.8, 4) is 0 Å². The van der Waals surface area contributed by atoms with Crippen LogP contribution in [0.25, 0.3) is 0 Å². The zero-order valence-corrected chi connectivity index (χ0v) is 15.6. The van der Waals surface area contributed by atoms with Crippen LogP contribution in [-0.4, -0.2) is 29.3 Å². The van der Waals surface area contributed by atoms with Gasteiger partial charge in [-0.3, -0.25) is 14.5 Å². The van der Waals surface area contributed by atoms with Gasteiger partial charge in [0.2, 0.25) is 5.91 Å². The first-order chi connectivity index (χ1) is 13.0. The van der Waals surface area contributed by atoms with Gasteiger partial charge in [0, 0.05) is 10.7 Å². The van der Waals surface area contributed by atoms with Crippen molar-refractivity contribution in [2.45, 2.75) is 25.3 Å². The Hall–Kier alpha value is -2.86. The molecule has 0 radical (unpaired) electrons. The van der Waals surface area contributed by atoms with E-state index in [9.17, 15) is 14.4 Å². The highest BCUT2D eigenvalue weighted by Gasteiger charge is 2.52. The highest BCUT2D eigenvalue weighted by Crippen LogP contribution is 2.33. The lowest BCUT2D eigenvalue weighted by Crippen LogP contribution is -2.44. The lowest BCUT2D eigenvalue weighted by Gasteiger charge is -2.26. The standard InChI is InChI=1S/C20H20ClN3O3/c1-2-11-20(14-7-4-3-5-8-14)18(26)24(19(27)23-20)13-17(25)22-16-10-6-9-15(21)12-16/h3-10,12H,2,11,13H2,1H3,(H,22,25)(H,23,27)/t20-/m0/s1. The molecule has 6 nitrogen and oxygen atoms in total. The summed E-state index contributed by atoms with van der Waals surface area (Å²) in [7, 11) is 0. The third-order valence-electron chi connectivity index (χ3n) is 4.48. The van der Waals surface area contributed by atoms with Crippen LogP contribution < -0.4 is 10.6 Å². The monoisotopic (exact) mass is 385 g/mol. The van der Waals surface area contributed by atoms with Crippen LogP contribution in [0.4, 0.5) is 10.5 Å². The van der Waals surface area contributed by atoms with Crippen LogP contribution in [0.1, 0.15) is 25.3 Å². The van der Waals surface area contributed by atoms with E-state index in [1.807, 2.05) is 37.3 Å². The van der Waals surface area contributed by atoms with E-state index in [2.05, 4.69) is 10.6 Å². The second kappa shape index (κ2) is 7.80. The minimum Gasteiger partial charge on any atom is -0.324 e. The smallest absolute Gasteiger partial charge is 0.324 e. The Kier molecular flexibility index (Phi) is 5.46. The van der Waals surface area contributed by atoms with Gasteiger partial charge < -0.3 is 10.6 Å². The average Bonchev–Trinajstić information content (AvgIpc) is 2.88. The Bertz CT molecular complexity index is 872. The van der Waals surface area contributed by atoms with Gasteiger partial charge in [-0.2, -0.15) is 0 Å². The topological polar surface area (TPSA) is 78.5 Å². The van der Waals surface area contributed by atoms with Crippen molar-refractivity contribution in [2.24, 2.45) is 0 Å². The molecule has 0 aromatic heterocycles. The fourth-order valence-electron chi connectivity index (χ4n) is 3.29. The first-order valence-electron chi connectivity index (χ1n) is 8.71. The van der Waals surface area contributed by atoms with Crippen LogP contribution in [0.5, 0.6) is 0 Å². The summed E-state index contributed by atoms with van der Waals surface area (Å²) in [5, 5.41) is 5.93. The molecule has 3 rings (SSSR count). The summed E-state index contributed by atoms with van der Waals surface area (Å²) < 4.78 is 0. The van der Waals surface area contributed by atoms with E-state index in [0.29, 0.717) is 29.1 Å². The van der Waals surface area contributed by atoms with Crippen LogP contribution in [0.2, 0.25) is 5.02 Å². The third-order valence-corrected chi connectivity index (χ3v) is 4.71. The molecular formula is C20H20ClN3O3. The van der Waals surface area contributed by atoms with Crippen LogP contribution in [0.3, 0.4) is 0 Å². The molecule has 2 aromatic rings. The number of nitrogens with zero attached hydrogens (tertiary/aromatic N) is 1. The summed E-state index contributed by atoms with van der Waals surface area (Å²) >= 11 is 5.90. The van der Waals surface area contributed by atoms with Gasteiger partial charge in [0.05, 0.1) is 0 Å². The van der Waals surface area contributed by atoms with E-state index >= 15 is 0 Å². The molecule has 4 amide bonds. The fourth-order valence-corrected chi connectivity index (χ4v) is 3.48. The summed E-state index contributed by atoms with van der Waals surface area (Å²) in [5.74, 6) is -0.886. The van der Waals surface area contributed by atoms with Crippen LogP contribution in [0, 0.1) is 0 Å². The Morgan fingerprint density at radius 3 is 2.56 bits per heavy atom. The predicted molar refractivity (Wildman–Crippen MR) is 103 cm³/mol. The molecule has 1 saturated heterocycles. The van der Waals surface area contributed by atoms with Crippen molar-refractivity contribution in [3.05, 3.63) is 65.2 Å². The summed E-state index contributed by atoms with van der Waals surface area (Å²) in [4.78, 5) is 38.9. The van der Waals surface area contributed by atoms with Crippen molar-refractivity contribution in [1.29, 1.82) is 0 Å². The molecule has 27 heavy (non-hydrogen) atoms. The minimum absolute atomic E-state index is 0.366. The molecular weight excluding hydrogens is 366 g/mol. The van der Waals surface area contributed by atoms with Gasteiger partial charge in [0.25, 0.3) is 5.91 Å². The molecule has 1 heterocycles. The molecule has 1 fully saturated rings. The van der Waals surface area contributed by atoms with Crippen molar-refractivity contribution >= 4 is 35.1 Å². The molecule has 0 saturated carbocycles. The van der Waals surface area contributed by atoms with Crippen molar-refractivity contribution in [3.63, 3.8) is 0 Å². The van der Waals surface area contributed by atoms with E-state index < -0.39 is 23.4 Å². The number of nitrogens with one attached hydrogen (secondary N) is 2. The van der Waals surface area contributed by atoms with Gasteiger partial charge in [-0.15, -0.1) is 0 Å². The van der Waals surface area contributed by atoms with E-state index in [1.54, 1.807) is 24.3 Å². The van der Waals surface area contributed by atoms with Gasteiger partial charge in [-0.1, -0.05) is 61.3 Å². The number of halogens is 1. The van der Waals surface area contributed by atoms with E-state index in [-0.39, 0.29) is 6.54 Å². The Morgan fingerprint density at radius 1 is 1.15 bits per heavy atom. The highest BCUT2D eigenvalue weighted by molar-refractivity contribution is 6.30. The largest absolute Gasteiger partial charge is 0.325 e. The first kappa shape index (κ1) is 18.9. The number of hydrogen-bond acceptors (Lipinski definition) is 3. The molecule has 2 aromatic carbocycles. The molecule has 1 atom stereocenters. The van der Waals surface area contributed by atoms with Gasteiger partial charge in [0.15, 0.2) is 0 Å². The lowest BCUT2D eigenvalue weighted by atomic mass is 9.85. The maximum atomic E-state index is 13.1. The Morgan fingerprint density at radius 2 is 1.89 bits per heavy atom. The van der Waals surface area contributed by atoms with Crippen molar-refractivity contribution in [2.75, 3.05) is 11.9 Å². The molecule has 7 heteroatoms. The summed E-state index contributed by atoms with van der Waals surface area (Å²) in [6.45, 7) is 1.58. The predicted octanol–water partition coefficient (Wildman–Crippen LogP) is 3.53. The number of hydrogen-bond donors (Lipinski definition) is 2. The molecule has 0 spiro atoms. The van der Waals surface area contributed by atoms with Crippen LogP contribution in [-0.2, 0) is 15.1 Å². The molecule has 0 bridgehead atoms. The van der Waals surface area contributed by atoms with E-state index in [1.165, 1.54) is 0 Å². The molecule has 140 valence electrons. The van der Waals surface area contributed by atoms with E-state index in [0.717, 1.165) is 4.90 Å². The minimum atomic E-state index is -1.14. The fraction of sp³-hybridized carbons (Fsp3) is 0.250. The summed E-state index contributed by atoms with van der Waals surface area (Å²) in [6.07, 6.45) is 1.15. The molecule has 0 unspecified atom stereocenters. The molecule has 1 aliphatic rings. The van der Waals surface area contributed by atoms with E-state index in [4.69, 9.17) is 11.6 Å². The summed E-state index contributed by atoms with van der Waals surface area (Å²) in [5.41, 5.74) is 0.0778. The maximum Gasteiger partial charge on any atom is 0.325 e. The van der Waals surface area contributed by atoms with Crippen molar-refractivity contribution < 1.29 is 14.4 Å². The van der Waals surface area contributed by atoms with Gasteiger partial charge in [-0.05, 0) is 30.2 Å². The molecule has 0 aliphatic carbocycles. The van der Waals surface area contributed by atoms with Gasteiger partial charge in [-0.25, -0.2) is 4.79 Å². The summed E-state index contributed by atoms with van der Waals surface area (Å²) in [6, 6.07) is 15.2. The number of carbonyl (C=O) groups is 3. The maximum absolute atomic E-state index is 13.1. The molecule has 2 N–H and O–H groups in total. The quantitative estimate of drug-likeness (QED) is 0.746. The number of imide groups is 1. The number of amides is 4. The second-order valence-electron chi connectivity index (χ2n) is 6.40. The zero-order chi connectivity index (χ0) is 19.4. The van der Waals surface area contributed by atoms with Gasteiger partial charge >= 0.3 is 6.03 Å². The SMILES string of the molecule is CCC[C@@]1(c2ccccc2)NC(=O)N(CC(=O)Nc2cccc(Cl)c2)C1=O. The van der Waals surface area contributed by atoms with Gasteiger partial charge in [0.1, 0.15) is 12.1 Å². The highest BCUT2D eigenvalue weighted by atomic mass is 35.5. The Labute approximate surface area is 162 Å². The normalized spacial score (nSPS) is 19.1. The second-order valence-corrected chi connectivity index (χ2v) is 6.84. The molecule has 1 aliphatic heterocycles. The number of urea groups is 1. The number of carbonyl (C=O) groups excluding carboxylic acids is 3. The number of benzene rings is 2. The lowest BCUT2D eigenvalue weighted by molar-refractivity contribution is -0.134. The van der Waals surface area contributed by atoms with Crippen molar-refractivity contribution in [1.82, 2.24) is 10.2 Å². The Balaban J connectivity index is 1.79. The third kappa shape index (κ3) is 3.80. The zero-order valence-electron chi connectivity index (χ0n) is 14.9. The number of anilines is 1. The van der Waals surface area contributed by atoms with Crippen LogP contribution >= 0.6 is 11.6 Å². The first-order valence-corrected chi connectivity index (χ1v) is 9.09. The van der Waals surface area contributed by atoms with Crippen LogP contribution in [0.15, 0.2) is 54.6 Å². The number of rotatable bonds is 6.